The normalized spacial score (nSPS) is 11.3. The number of hydrogen-bond donors (Lipinski definition) is 1. The quantitative estimate of drug-likeness (QED) is 0.781. The van der Waals surface area contributed by atoms with E-state index >= 15 is 0 Å². The van der Waals surface area contributed by atoms with Gasteiger partial charge in [-0.2, -0.15) is 0 Å². The first-order valence-corrected chi connectivity index (χ1v) is 7.33. The molecule has 1 aromatic heterocycles. The maximum Gasteiger partial charge on any atom is 0.0703 e. The summed E-state index contributed by atoms with van der Waals surface area (Å²) in [5, 5.41) is 9.47. The number of aliphatic hydroxyl groups excluding tert-OH is 1. The molecule has 1 N–H and O–H groups in total. The van der Waals surface area contributed by atoms with Crippen LogP contribution < -0.4 is 4.90 Å². The van der Waals surface area contributed by atoms with E-state index in [2.05, 4.69) is 37.6 Å². The average molecular weight is 264 g/mol. The Morgan fingerprint density at radius 3 is 2.16 bits per heavy atom. The van der Waals surface area contributed by atoms with Crippen LogP contribution in [-0.4, -0.2) is 23.2 Å². The minimum absolute atomic E-state index is 0.0811. The van der Waals surface area contributed by atoms with Gasteiger partial charge in [0, 0.05) is 24.8 Å². The molecular formula is C16H28N2O. The molecule has 0 radical (unpaired) electrons. The molecule has 0 aliphatic carbocycles. The van der Waals surface area contributed by atoms with Gasteiger partial charge in [-0.15, -0.1) is 0 Å². The maximum atomic E-state index is 9.47. The van der Waals surface area contributed by atoms with Crippen molar-refractivity contribution in [3.8, 4) is 0 Å². The molecule has 0 amide bonds. The minimum atomic E-state index is 0.0811. The van der Waals surface area contributed by atoms with Gasteiger partial charge in [0.2, 0.25) is 0 Å². The van der Waals surface area contributed by atoms with E-state index in [0.29, 0.717) is 11.8 Å². The molecule has 0 atom stereocenters. The fourth-order valence-electron chi connectivity index (χ4n) is 2.01. The van der Waals surface area contributed by atoms with Crippen molar-refractivity contribution in [3.05, 3.63) is 24.0 Å². The van der Waals surface area contributed by atoms with Crippen molar-refractivity contribution >= 4 is 5.69 Å². The number of anilines is 1. The van der Waals surface area contributed by atoms with E-state index in [9.17, 15) is 5.11 Å². The molecule has 0 spiro atoms. The first-order chi connectivity index (χ1) is 9.04. The van der Waals surface area contributed by atoms with Crippen LogP contribution in [0, 0.1) is 11.8 Å². The molecule has 0 aromatic carbocycles. The van der Waals surface area contributed by atoms with Gasteiger partial charge in [-0.3, -0.25) is 4.98 Å². The molecule has 0 aliphatic rings. The summed E-state index contributed by atoms with van der Waals surface area (Å²) in [6.07, 6.45) is 5.96. The third-order valence-corrected chi connectivity index (χ3v) is 3.35. The standard InChI is InChI=1S/C16H28N2O/c1-13(2)6-9-18(10-7-14(3)4)16-11-17-8-5-15(16)12-19/h5,8,11,13-14,19H,6-7,9-10,12H2,1-4H3. The van der Waals surface area contributed by atoms with Crippen molar-refractivity contribution in [1.82, 2.24) is 4.98 Å². The van der Waals surface area contributed by atoms with Crippen LogP contribution in [0.4, 0.5) is 5.69 Å². The molecular weight excluding hydrogens is 236 g/mol. The molecule has 0 aliphatic heterocycles. The minimum Gasteiger partial charge on any atom is -0.392 e. The molecule has 0 saturated carbocycles. The highest BCUT2D eigenvalue weighted by Crippen LogP contribution is 2.21. The molecule has 0 unspecified atom stereocenters. The van der Waals surface area contributed by atoms with Gasteiger partial charge in [-0.05, 0) is 30.7 Å². The number of pyridine rings is 1. The van der Waals surface area contributed by atoms with Crippen molar-refractivity contribution < 1.29 is 5.11 Å². The highest BCUT2D eigenvalue weighted by molar-refractivity contribution is 5.51. The Bertz CT molecular complexity index is 352. The van der Waals surface area contributed by atoms with Gasteiger partial charge in [0.1, 0.15) is 0 Å². The third kappa shape index (κ3) is 5.60. The predicted molar refractivity (Wildman–Crippen MR) is 81.3 cm³/mol. The van der Waals surface area contributed by atoms with E-state index in [0.717, 1.165) is 37.2 Å². The number of aliphatic hydroxyl groups is 1. The van der Waals surface area contributed by atoms with Crippen LogP contribution in [0.1, 0.15) is 46.1 Å². The second kappa shape index (κ2) is 8.16. The zero-order valence-electron chi connectivity index (χ0n) is 12.8. The third-order valence-electron chi connectivity index (χ3n) is 3.35. The molecule has 3 nitrogen and oxygen atoms in total. The Balaban J connectivity index is 2.81. The Kier molecular flexibility index (Phi) is 6.85. The second-order valence-corrected chi connectivity index (χ2v) is 6.01. The van der Waals surface area contributed by atoms with Crippen LogP contribution in [0.3, 0.4) is 0 Å². The van der Waals surface area contributed by atoms with E-state index in [4.69, 9.17) is 0 Å². The average Bonchev–Trinajstić information content (AvgIpc) is 2.38. The van der Waals surface area contributed by atoms with Crippen LogP contribution >= 0.6 is 0 Å². The summed E-state index contributed by atoms with van der Waals surface area (Å²) in [5.74, 6) is 1.38. The molecule has 19 heavy (non-hydrogen) atoms. The Morgan fingerprint density at radius 1 is 1.11 bits per heavy atom. The van der Waals surface area contributed by atoms with Gasteiger partial charge in [0.05, 0.1) is 18.5 Å². The topological polar surface area (TPSA) is 36.4 Å². The summed E-state index contributed by atoms with van der Waals surface area (Å²) >= 11 is 0. The summed E-state index contributed by atoms with van der Waals surface area (Å²) in [5.41, 5.74) is 2.06. The largest absolute Gasteiger partial charge is 0.392 e. The zero-order chi connectivity index (χ0) is 14.3. The summed E-state index contributed by atoms with van der Waals surface area (Å²) in [6.45, 7) is 11.1. The number of nitrogens with zero attached hydrogens (tertiary/aromatic N) is 2. The second-order valence-electron chi connectivity index (χ2n) is 6.01. The van der Waals surface area contributed by atoms with Gasteiger partial charge in [0.15, 0.2) is 0 Å². The maximum absolute atomic E-state index is 9.47. The van der Waals surface area contributed by atoms with Crippen molar-refractivity contribution in [3.63, 3.8) is 0 Å². The Morgan fingerprint density at radius 2 is 1.68 bits per heavy atom. The fraction of sp³-hybridized carbons (Fsp3) is 0.688. The van der Waals surface area contributed by atoms with Gasteiger partial charge >= 0.3 is 0 Å². The van der Waals surface area contributed by atoms with Gasteiger partial charge in [0.25, 0.3) is 0 Å². The molecule has 1 aromatic rings. The molecule has 0 bridgehead atoms. The SMILES string of the molecule is CC(C)CCN(CCC(C)C)c1cnccc1CO. The zero-order valence-corrected chi connectivity index (χ0v) is 12.8. The van der Waals surface area contributed by atoms with Crippen LogP contribution in [-0.2, 0) is 6.61 Å². The predicted octanol–water partition coefficient (Wildman–Crippen LogP) is 3.47. The van der Waals surface area contributed by atoms with E-state index < -0.39 is 0 Å². The summed E-state index contributed by atoms with van der Waals surface area (Å²) in [6, 6.07) is 1.91. The highest BCUT2D eigenvalue weighted by Gasteiger charge is 2.12. The smallest absolute Gasteiger partial charge is 0.0703 e. The summed E-state index contributed by atoms with van der Waals surface area (Å²) in [7, 11) is 0. The highest BCUT2D eigenvalue weighted by atomic mass is 16.3. The van der Waals surface area contributed by atoms with Crippen LogP contribution in [0.15, 0.2) is 18.5 Å². The summed E-state index contributed by atoms with van der Waals surface area (Å²) in [4.78, 5) is 6.59. The molecule has 0 fully saturated rings. The van der Waals surface area contributed by atoms with E-state index in [1.807, 2.05) is 12.3 Å². The number of aromatic nitrogens is 1. The van der Waals surface area contributed by atoms with Gasteiger partial charge in [-0.25, -0.2) is 0 Å². The number of hydrogen-bond acceptors (Lipinski definition) is 3. The lowest BCUT2D eigenvalue weighted by atomic mass is 10.1. The first kappa shape index (κ1) is 16.0. The number of rotatable bonds is 8. The molecule has 1 heterocycles. The van der Waals surface area contributed by atoms with Gasteiger partial charge < -0.3 is 10.0 Å². The molecule has 108 valence electrons. The Hall–Kier alpha value is -1.09. The lowest BCUT2D eigenvalue weighted by Crippen LogP contribution is -2.28. The lowest BCUT2D eigenvalue weighted by molar-refractivity contribution is 0.282. The van der Waals surface area contributed by atoms with Crippen LogP contribution in [0.25, 0.3) is 0 Å². The van der Waals surface area contributed by atoms with E-state index in [-0.39, 0.29) is 6.61 Å². The molecule has 3 heteroatoms. The van der Waals surface area contributed by atoms with Crippen LogP contribution in [0.5, 0.6) is 0 Å². The van der Waals surface area contributed by atoms with E-state index in [1.165, 1.54) is 0 Å². The van der Waals surface area contributed by atoms with E-state index in [1.54, 1.807) is 6.20 Å². The Labute approximate surface area is 117 Å². The fourth-order valence-corrected chi connectivity index (χ4v) is 2.01. The van der Waals surface area contributed by atoms with Crippen molar-refractivity contribution in [1.29, 1.82) is 0 Å². The van der Waals surface area contributed by atoms with Crippen molar-refractivity contribution in [2.75, 3.05) is 18.0 Å². The van der Waals surface area contributed by atoms with Crippen molar-refractivity contribution in [2.24, 2.45) is 11.8 Å². The van der Waals surface area contributed by atoms with Gasteiger partial charge in [-0.1, -0.05) is 27.7 Å². The molecule has 0 saturated heterocycles. The lowest BCUT2D eigenvalue weighted by Gasteiger charge is -2.28. The molecule has 1 rings (SSSR count). The monoisotopic (exact) mass is 264 g/mol. The van der Waals surface area contributed by atoms with Crippen LogP contribution in [0.2, 0.25) is 0 Å². The summed E-state index contributed by atoms with van der Waals surface area (Å²) < 4.78 is 0. The first-order valence-electron chi connectivity index (χ1n) is 7.33. The van der Waals surface area contributed by atoms with Crippen molar-refractivity contribution in [2.45, 2.75) is 47.1 Å².